The van der Waals surface area contributed by atoms with E-state index >= 15 is 0 Å². The number of amides is 3. The number of alkyl halides is 3. The summed E-state index contributed by atoms with van der Waals surface area (Å²) in [5.74, 6) is -1.56. The van der Waals surface area contributed by atoms with E-state index in [0.29, 0.717) is 11.0 Å². The molecule has 0 saturated carbocycles. The van der Waals surface area contributed by atoms with Crippen molar-refractivity contribution < 1.29 is 32.3 Å². The highest BCUT2D eigenvalue weighted by Crippen LogP contribution is 2.37. The van der Waals surface area contributed by atoms with Gasteiger partial charge in [-0.25, -0.2) is 9.69 Å². The van der Waals surface area contributed by atoms with E-state index in [4.69, 9.17) is 10.00 Å². The van der Waals surface area contributed by atoms with Crippen molar-refractivity contribution in [2.45, 2.75) is 51.9 Å². The van der Waals surface area contributed by atoms with E-state index in [1.165, 1.54) is 19.9 Å². The number of rotatable bonds is 3. The molecule has 156 valence electrons. The van der Waals surface area contributed by atoms with Crippen LogP contribution in [0.4, 0.5) is 23.7 Å². The first kappa shape index (κ1) is 22.2. The molecular formula is C19H20F3N3O4. The third-order valence-electron chi connectivity index (χ3n) is 4.22. The van der Waals surface area contributed by atoms with Gasteiger partial charge < -0.3 is 4.74 Å². The van der Waals surface area contributed by atoms with Crippen LogP contribution in [0, 0.1) is 11.3 Å². The van der Waals surface area contributed by atoms with Crippen LogP contribution >= 0.6 is 0 Å². The maximum absolute atomic E-state index is 13.2. The number of carbonyl (C=O) groups excluding carboxylic acids is 3. The van der Waals surface area contributed by atoms with Crippen molar-refractivity contribution in [3.63, 3.8) is 0 Å². The van der Waals surface area contributed by atoms with Crippen LogP contribution in [0.2, 0.25) is 0 Å². The molecule has 29 heavy (non-hydrogen) atoms. The number of anilines is 1. The Morgan fingerprint density at radius 3 is 2.28 bits per heavy atom. The lowest BCUT2D eigenvalue weighted by Gasteiger charge is -2.28. The van der Waals surface area contributed by atoms with Crippen LogP contribution < -0.4 is 4.90 Å². The number of halogens is 3. The first-order valence-corrected chi connectivity index (χ1v) is 8.59. The van der Waals surface area contributed by atoms with Gasteiger partial charge in [-0.2, -0.15) is 18.4 Å². The standard InChI is InChI=1S/C19H20F3N3O4/c1-17(2,3)29-14(26)10-24-16(28)25(15(27)18(24,4)5)12-7-6-11(9-23)13(8-12)19(20,21)22/h6-8H,10H2,1-5H3. The lowest BCUT2D eigenvalue weighted by Crippen LogP contribution is -2.47. The largest absolute Gasteiger partial charge is 0.459 e. The third-order valence-corrected chi connectivity index (χ3v) is 4.22. The number of benzene rings is 1. The molecule has 1 aliphatic heterocycles. The molecule has 0 spiro atoms. The molecule has 0 aliphatic carbocycles. The molecule has 0 aromatic heterocycles. The highest BCUT2D eigenvalue weighted by molar-refractivity contribution is 6.23. The Morgan fingerprint density at radius 2 is 1.79 bits per heavy atom. The van der Waals surface area contributed by atoms with Crippen molar-refractivity contribution in [3.05, 3.63) is 29.3 Å². The van der Waals surface area contributed by atoms with Gasteiger partial charge in [0.2, 0.25) is 0 Å². The van der Waals surface area contributed by atoms with Crippen LogP contribution in [0.1, 0.15) is 45.7 Å². The number of esters is 1. The van der Waals surface area contributed by atoms with Gasteiger partial charge in [-0.3, -0.25) is 14.5 Å². The molecule has 0 N–H and O–H groups in total. The van der Waals surface area contributed by atoms with E-state index in [1.54, 1.807) is 20.8 Å². The molecule has 1 aromatic carbocycles. The Balaban J connectivity index is 2.44. The average Bonchev–Trinajstić information content (AvgIpc) is 2.72. The van der Waals surface area contributed by atoms with Gasteiger partial charge in [0.05, 0.1) is 22.9 Å². The van der Waals surface area contributed by atoms with E-state index in [9.17, 15) is 27.6 Å². The van der Waals surface area contributed by atoms with Gasteiger partial charge >= 0.3 is 18.2 Å². The second-order valence-electron chi connectivity index (χ2n) is 7.99. The molecule has 1 aliphatic rings. The Kier molecular flexibility index (Phi) is 5.41. The lowest BCUT2D eigenvalue weighted by molar-refractivity contribution is -0.156. The van der Waals surface area contributed by atoms with Crippen molar-refractivity contribution >= 4 is 23.6 Å². The minimum atomic E-state index is -4.85. The summed E-state index contributed by atoms with van der Waals surface area (Å²) in [7, 11) is 0. The Labute approximate surface area is 165 Å². The second kappa shape index (κ2) is 7.06. The fourth-order valence-electron chi connectivity index (χ4n) is 2.83. The number of nitrogens with zero attached hydrogens (tertiary/aromatic N) is 3. The van der Waals surface area contributed by atoms with Gasteiger partial charge in [0.1, 0.15) is 17.7 Å². The molecule has 0 radical (unpaired) electrons. The predicted octanol–water partition coefficient (Wildman–Crippen LogP) is 3.47. The van der Waals surface area contributed by atoms with Crippen LogP contribution in [0.15, 0.2) is 18.2 Å². The highest BCUT2D eigenvalue weighted by Gasteiger charge is 2.53. The van der Waals surface area contributed by atoms with E-state index in [2.05, 4.69) is 0 Å². The second-order valence-corrected chi connectivity index (χ2v) is 7.99. The Morgan fingerprint density at radius 1 is 1.21 bits per heavy atom. The molecule has 1 fully saturated rings. The topological polar surface area (TPSA) is 90.7 Å². The number of imide groups is 1. The summed E-state index contributed by atoms with van der Waals surface area (Å²) >= 11 is 0. The maximum Gasteiger partial charge on any atom is 0.417 e. The molecular weight excluding hydrogens is 391 g/mol. The Hall–Kier alpha value is -3.09. The number of hydrogen-bond acceptors (Lipinski definition) is 5. The van der Waals surface area contributed by atoms with Gasteiger partial charge in [0, 0.05) is 0 Å². The molecule has 10 heteroatoms. The van der Waals surface area contributed by atoms with E-state index in [1.807, 2.05) is 0 Å². The van der Waals surface area contributed by atoms with Crippen molar-refractivity contribution in [1.82, 2.24) is 4.90 Å². The van der Waals surface area contributed by atoms with Crippen molar-refractivity contribution in [2.75, 3.05) is 11.4 Å². The molecule has 1 saturated heterocycles. The maximum atomic E-state index is 13.2. The van der Waals surface area contributed by atoms with Crippen LogP contribution in [-0.2, 0) is 20.5 Å². The smallest absolute Gasteiger partial charge is 0.417 e. The van der Waals surface area contributed by atoms with E-state index in [-0.39, 0.29) is 5.69 Å². The van der Waals surface area contributed by atoms with Gasteiger partial charge in [-0.05, 0) is 52.8 Å². The van der Waals surface area contributed by atoms with Crippen molar-refractivity contribution in [2.24, 2.45) is 0 Å². The molecule has 2 rings (SSSR count). The minimum Gasteiger partial charge on any atom is -0.459 e. The lowest BCUT2D eigenvalue weighted by atomic mass is 10.0. The SMILES string of the molecule is CC(C)(C)OC(=O)CN1C(=O)N(c2ccc(C#N)c(C(F)(F)F)c2)C(=O)C1(C)C. The quantitative estimate of drug-likeness (QED) is 0.561. The van der Waals surface area contributed by atoms with Crippen LogP contribution in [0.25, 0.3) is 0 Å². The number of carbonyl (C=O) groups is 3. The van der Waals surface area contributed by atoms with Gasteiger partial charge in [-0.15, -0.1) is 0 Å². The highest BCUT2D eigenvalue weighted by atomic mass is 19.4. The average molecular weight is 411 g/mol. The summed E-state index contributed by atoms with van der Waals surface area (Å²) in [4.78, 5) is 39.3. The zero-order valence-electron chi connectivity index (χ0n) is 16.5. The predicted molar refractivity (Wildman–Crippen MR) is 95.7 cm³/mol. The molecule has 0 atom stereocenters. The number of nitriles is 1. The van der Waals surface area contributed by atoms with Crippen LogP contribution in [0.3, 0.4) is 0 Å². The van der Waals surface area contributed by atoms with E-state index in [0.717, 1.165) is 17.0 Å². The van der Waals surface area contributed by atoms with Crippen LogP contribution in [0.5, 0.6) is 0 Å². The zero-order chi connectivity index (χ0) is 22.4. The van der Waals surface area contributed by atoms with Crippen molar-refractivity contribution in [1.29, 1.82) is 5.26 Å². The molecule has 0 unspecified atom stereocenters. The first-order chi connectivity index (χ1) is 13.1. The minimum absolute atomic E-state index is 0.342. The number of ether oxygens (including phenoxy) is 1. The Bertz CT molecular complexity index is 911. The fraction of sp³-hybridized carbons (Fsp3) is 0.474. The normalized spacial score (nSPS) is 16.8. The van der Waals surface area contributed by atoms with Crippen LogP contribution in [-0.4, -0.2) is 40.5 Å². The van der Waals surface area contributed by atoms with Crippen molar-refractivity contribution in [3.8, 4) is 6.07 Å². The molecule has 1 heterocycles. The molecule has 0 bridgehead atoms. The zero-order valence-corrected chi connectivity index (χ0v) is 16.5. The summed E-state index contributed by atoms with van der Waals surface area (Å²) in [6.07, 6.45) is -4.85. The third kappa shape index (κ3) is 4.34. The summed E-state index contributed by atoms with van der Waals surface area (Å²) < 4.78 is 44.9. The fourth-order valence-corrected chi connectivity index (χ4v) is 2.83. The number of hydrogen-bond donors (Lipinski definition) is 0. The summed E-state index contributed by atoms with van der Waals surface area (Å²) in [5, 5.41) is 8.90. The monoisotopic (exact) mass is 411 g/mol. The molecule has 7 nitrogen and oxygen atoms in total. The van der Waals surface area contributed by atoms with Gasteiger partial charge in [0.15, 0.2) is 0 Å². The molecule has 1 aromatic rings. The summed E-state index contributed by atoms with van der Waals surface area (Å²) in [6, 6.07) is 3.02. The van der Waals surface area contributed by atoms with Gasteiger partial charge in [0.25, 0.3) is 5.91 Å². The molecule has 3 amide bonds. The summed E-state index contributed by atoms with van der Waals surface area (Å²) in [6.45, 7) is 7.11. The number of urea groups is 1. The first-order valence-electron chi connectivity index (χ1n) is 8.59. The van der Waals surface area contributed by atoms with E-state index < -0.39 is 52.9 Å². The van der Waals surface area contributed by atoms with Gasteiger partial charge in [-0.1, -0.05) is 0 Å². The summed E-state index contributed by atoms with van der Waals surface area (Å²) in [5.41, 5.74) is -4.54.